The molecule has 5 nitrogen and oxygen atoms in total. The zero-order valence-corrected chi connectivity index (χ0v) is 17.9. The largest absolute Gasteiger partial charge is 0.493 e. The van der Waals surface area contributed by atoms with Crippen LogP contribution in [-0.4, -0.2) is 31.6 Å². The SMILES string of the molecule is CCCOc1c(/C=N\NC(=O)Cc2cc(Cl)ccc2SCC)cccc1OC. The van der Waals surface area contributed by atoms with Crippen LogP contribution in [0.25, 0.3) is 0 Å². The van der Waals surface area contributed by atoms with E-state index in [-0.39, 0.29) is 12.3 Å². The van der Waals surface area contributed by atoms with Gasteiger partial charge < -0.3 is 9.47 Å². The van der Waals surface area contributed by atoms with E-state index in [1.807, 2.05) is 43.3 Å². The van der Waals surface area contributed by atoms with Gasteiger partial charge in [0.05, 0.1) is 26.4 Å². The predicted molar refractivity (Wildman–Crippen MR) is 116 cm³/mol. The number of para-hydroxylation sites is 1. The molecule has 2 aromatic carbocycles. The minimum atomic E-state index is -0.213. The number of halogens is 1. The number of nitrogens with zero attached hydrogens (tertiary/aromatic N) is 1. The van der Waals surface area contributed by atoms with Crippen LogP contribution in [0.4, 0.5) is 0 Å². The van der Waals surface area contributed by atoms with Crippen molar-refractivity contribution in [2.75, 3.05) is 19.5 Å². The van der Waals surface area contributed by atoms with Crippen molar-refractivity contribution < 1.29 is 14.3 Å². The van der Waals surface area contributed by atoms with E-state index >= 15 is 0 Å². The van der Waals surface area contributed by atoms with Crippen LogP contribution < -0.4 is 14.9 Å². The molecule has 2 aromatic rings. The van der Waals surface area contributed by atoms with Crippen molar-refractivity contribution in [2.24, 2.45) is 5.10 Å². The maximum atomic E-state index is 12.3. The summed E-state index contributed by atoms with van der Waals surface area (Å²) in [7, 11) is 1.59. The highest BCUT2D eigenvalue weighted by molar-refractivity contribution is 7.99. The van der Waals surface area contributed by atoms with E-state index in [0.29, 0.717) is 23.1 Å². The van der Waals surface area contributed by atoms with Crippen LogP contribution in [0.2, 0.25) is 5.02 Å². The van der Waals surface area contributed by atoms with Gasteiger partial charge in [0.1, 0.15) is 0 Å². The van der Waals surface area contributed by atoms with Gasteiger partial charge in [-0.25, -0.2) is 5.43 Å². The molecule has 0 aliphatic rings. The van der Waals surface area contributed by atoms with Gasteiger partial charge in [0.2, 0.25) is 5.91 Å². The number of ether oxygens (including phenoxy) is 2. The summed E-state index contributed by atoms with van der Waals surface area (Å²) in [6, 6.07) is 11.1. The van der Waals surface area contributed by atoms with Crippen molar-refractivity contribution in [3.63, 3.8) is 0 Å². The molecule has 0 unspecified atom stereocenters. The Balaban J connectivity index is 2.07. The summed E-state index contributed by atoms with van der Waals surface area (Å²) in [6.45, 7) is 4.67. The molecule has 0 saturated heterocycles. The van der Waals surface area contributed by atoms with Crippen molar-refractivity contribution in [3.05, 3.63) is 52.5 Å². The lowest BCUT2D eigenvalue weighted by molar-refractivity contribution is -0.120. The Hall–Kier alpha value is -2.18. The number of nitrogens with one attached hydrogen (secondary N) is 1. The molecule has 7 heteroatoms. The van der Waals surface area contributed by atoms with E-state index < -0.39 is 0 Å². The number of thioether (sulfide) groups is 1. The number of hydrazone groups is 1. The summed E-state index contributed by atoms with van der Waals surface area (Å²) in [4.78, 5) is 13.4. The Kier molecular flexibility index (Phi) is 9.17. The summed E-state index contributed by atoms with van der Waals surface area (Å²) in [6.07, 6.45) is 2.64. The molecule has 0 aliphatic carbocycles. The van der Waals surface area contributed by atoms with E-state index in [0.717, 1.165) is 28.2 Å². The summed E-state index contributed by atoms with van der Waals surface area (Å²) < 4.78 is 11.1. The van der Waals surface area contributed by atoms with Gasteiger partial charge in [-0.15, -0.1) is 11.8 Å². The van der Waals surface area contributed by atoms with E-state index in [1.165, 1.54) is 0 Å². The number of amides is 1. The summed E-state index contributed by atoms with van der Waals surface area (Å²) in [5.41, 5.74) is 4.19. The highest BCUT2D eigenvalue weighted by Gasteiger charge is 2.10. The fourth-order valence-corrected chi connectivity index (χ4v) is 3.51. The van der Waals surface area contributed by atoms with Crippen LogP contribution in [0.1, 0.15) is 31.4 Å². The van der Waals surface area contributed by atoms with Gasteiger partial charge in [-0.3, -0.25) is 4.79 Å². The van der Waals surface area contributed by atoms with E-state index in [9.17, 15) is 4.79 Å². The Bertz CT molecular complexity index is 827. The average molecular weight is 421 g/mol. The van der Waals surface area contributed by atoms with E-state index in [1.54, 1.807) is 25.1 Å². The third kappa shape index (κ3) is 6.46. The fraction of sp³-hybridized carbons (Fsp3) is 0.333. The fourth-order valence-electron chi connectivity index (χ4n) is 2.52. The zero-order chi connectivity index (χ0) is 20.4. The van der Waals surface area contributed by atoms with E-state index in [2.05, 4.69) is 17.5 Å². The Morgan fingerprint density at radius 3 is 2.82 bits per heavy atom. The highest BCUT2D eigenvalue weighted by Crippen LogP contribution is 2.30. The van der Waals surface area contributed by atoms with Crippen molar-refractivity contribution in [2.45, 2.75) is 31.6 Å². The third-order valence-electron chi connectivity index (χ3n) is 3.75. The maximum Gasteiger partial charge on any atom is 0.244 e. The minimum absolute atomic E-state index is 0.206. The normalized spacial score (nSPS) is 10.9. The lowest BCUT2D eigenvalue weighted by atomic mass is 10.1. The molecule has 0 aromatic heterocycles. The van der Waals surface area contributed by atoms with Crippen molar-refractivity contribution >= 4 is 35.5 Å². The molecular formula is C21H25ClN2O3S. The Labute approximate surface area is 175 Å². The summed E-state index contributed by atoms with van der Waals surface area (Å²) in [5.74, 6) is 1.95. The van der Waals surface area contributed by atoms with Crippen LogP contribution in [-0.2, 0) is 11.2 Å². The Morgan fingerprint density at radius 2 is 2.11 bits per heavy atom. The molecule has 1 amide bonds. The van der Waals surface area contributed by atoms with Crippen LogP contribution >= 0.6 is 23.4 Å². The molecule has 0 bridgehead atoms. The summed E-state index contributed by atoms with van der Waals surface area (Å²) >= 11 is 7.76. The number of hydrogen-bond donors (Lipinski definition) is 1. The quantitative estimate of drug-likeness (QED) is 0.336. The van der Waals surface area contributed by atoms with Gasteiger partial charge in [0, 0.05) is 15.5 Å². The number of rotatable bonds is 10. The van der Waals surface area contributed by atoms with Gasteiger partial charge >= 0.3 is 0 Å². The molecule has 150 valence electrons. The molecule has 0 spiro atoms. The van der Waals surface area contributed by atoms with Crippen molar-refractivity contribution in [3.8, 4) is 11.5 Å². The van der Waals surface area contributed by atoms with Gasteiger partial charge in [-0.1, -0.05) is 31.5 Å². The molecule has 0 fully saturated rings. The average Bonchev–Trinajstić information content (AvgIpc) is 2.68. The van der Waals surface area contributed by atoms with Gasteiger partial charge in [-0.2, -0.15) is 5.10 Å². The standard InChI is InChI=1S/C21H25ClN2O3S/c1-4-11-27-21-15(7-6-8-18(21)26-3)14-23-24-20(25)13-16-12-17(22)9-10-19(16)28-5-2/h6-10,12,14H,4-5,11,13H2,1-3H3,(H,24,25)/b23-14-. The molecule has 0 aliphatic heterocycles. The van der Waals surface area contributed by atoms with Crippen LogP contribution in [0, 0.1) is 0 Å². The summed E-state index contributed by atoms with van der Waals surface area (Å²) in [5, 5.41) is 4.69. The number of hydrogen-bond acceptors (Lipinski definition) is 5. The molecule has 28 heavy (non-hydrogen) atoms. The number of carbonyl (C=O) groups excluding carboxylic acids is 1. The lowest BCUT2D eigenvalue weighted by Gasteiger charge is -2.12. The van der Waals surface area contributed by atoms with E-state index in [4.69, 9.17) is 21.1 Å². The monoisotopic (exact) mass is 420 g/mol. The maximum absolute atomic E-state index is 12.3. The second-order valence-electron chi connectivity index (χ2n) is 5.88. The van der Waals surface area contributed by atoms with Gasteiger partial charge in [0.25, 0.3) is 0 Å². The Morgan fingerprint density at radius 1 is 1.29 bits per heavy atom. The van der Waals surface area contributed by atoms with Crippen LogP contribution in [0.5, 0.6) is 11.5 Å². The first-order valence-electron chi connectivity index (χ1n) is 9.11. The number of methoxy groups -OCH3 is 1. The highest BCUT2D eigenvalue weighted by atomic mass is 35.5. The predicted octanol–water partition coefficient (Wildman–Crippen LogP) is 4.94. The molecular weight excluding hydrogens is 396 g/mol. The topological polar surface area (TPSA) is 59.9 Å². The first kappa shape index (κ1) is 22.1. The molecule has 0 heterocycles. The minimum Gasteiger partial charge on any atom is -0.493 e. The molecule has 1 N–H and O–H groups in total. The zero-order valence-electron chi connectivity index (χ0n) is 16.3. The smallest absolute Gasteiger partial charge is 0.244 e. The first-order chi connectivity index (χ1) is 13.6. The third-order valence-corrected chi connectivity index (χ3v) is 4.98. The molecule has 0 atom stereocenters. The van der Waals surface area contributed by atoms with Crippen molar-refractivity contribution in [1.82, 2.24) is 5.43 Å². The van der Waals surface area contributed by atoms with Gasteiger partial charge in [0.15, 0.2) is 11.5 Å². The number of benzene rings is 2. The van der Waals surface area contributed by atoms with Crippen LogP contribution in [0.15, 0.2) is 46.4 Å². The van der Waals surface area contributed by atoms with Gasteiger partial charge in [-0.05, 0) is 48.1 Å². The van der Waals surface area contributed by atoms with Crippen LogP contribution in [0.3, 0.4) is 0 Å². The second kappa shape index (κ2) is 11.6. The first-order valence-corrected chi connectivity index (χ1v) is 10.5. The number of carbonyl (C=O) groups is 1. The molecule has 0 radical (unpaired) electrons. The molecule has 2 rings (SSSR count). The second-order valence-corrected chi connectivity index (χ2v) is 7.62. The van der Waals surface area contributed by atoms with Crippen molar-refractivity contribution in [1.29, 1.82) is 0 Å². The molecule has 0 saturated carbocycles. The lowest BCUT2D eigenvalue weighted by Crippen LogP contribution is -2.20.